The number of hydrogen-bond acceptors (Lipinski definition) is 4. The second-order valence-electron chi connectivity index (χ2n) is 7.52. The summed E-state index contributed by atoms with van der Waals surface area (Å²) in [7, 11) is 0. The van der Waals surface area contributed by atoms with E-state index in [9.17, 15) is 4.79 Å². The molecule has 3 fully saturated rings. The minimum atomic E-state index is 0.0184. The molecule has 0 aliphatic carbocycles. The summed E-state index contributed by atoms with van der Waals surface area (Å²) in [6.07, 6.45) is 6.38. The molecule has 25 heavy (non-hydrogen) atoms. The first-order valence-electron chi connectivity index (χ1n) is 9.79. The van der Waals surface area contributed by atoms with Crippen LogP contribution in [0.3, 0.4) is 0 Å². The van der Waals surface area contributed by atoms with Crippen molar-refractivity contribution in [3.05, 3.63) is 29.8 Å². The molecule has 1 aromatic carbocycles. The maximum absolute atomic E-state index is 12.6. The van der Waals surface area contributed by atoms with Crippen molar-refractivity contribution in [2.45, 2.75) is 44.2 Å². The van der Waals surface area contributed by atoms with Gasteiger partial charge in [0.25, 0.3) is 5.91 Å². The van der Waals surface area contributed by atoms with Gasteiger partial charge in [0.2, 0.25) is 0 Å². The second-order valence-corrected chi connectivity index (χ2v) is 7.52. The fourth-order valence-corrected chi connectivity index (χ4v) is 4.34. The Morgan fingerprint density at radius 3 is 2.32 bits per heavy atom. The SMILES string of the molecule is O=C(N[C@H]1COC[C@@H]1N1CCCC1)c1ccc(N2CCCCC2)cc1. The van der Waals surface area contributed by atoms with E-state index in [0.717, 1.165) is 38.3 Å². The molecular weight excluding hydrogens is 314 g/mol. The maximum atomic E-state index is 12.6. The largest absolute Gasteiger partial charge is 0.378 e. The minimum Gasteiger partial charge on any atom is -0.378 e. The van der Waals surface area contributed by atoms with Crippen molar-refractivity contribution in [2.24, 2.45) is 0 Å². The number of nitrogens with one attached hydrogen (secondary N) is 1. The smallest absolute Gasteiger partial charge is 0.251 e. The molecule has 2 atom stereocenters. The summed E-state index contributed by atoms with van der Waals surface area (Å²) in [5, 5.41) is 3.20. The number of rotatable bonds is 4. The van der Waals surface area contributed by atoms with Gasteiger partial charge in [-0.1, -0.05) is 0 Å². The predicted molar refractivity (Wildman–Crippen MR) is 99.2 cm³/mol. The number of benzene rings is 1. The average molecular weight is 343 g/mol. The highest BCUT2D eigenvalue weighted by atomic mass is 16.5. The Morgan fingerprint density at radius 1 is 0.920 bits per heavy atom. The van der Waals surface area contributed by atoms with Crippen LogP contribution in [-0.4, -0.2) is 62.3 Å². The third-order valence-electron chi connectivity index (χ3n) is 5.83. The van der Waals surface area contributed by atoms with Gasteiger partial charge in [-0.25, -0.2) is 0 Å². The van der Waals surface area contributed by atoms with E-state index in [4.69, 9.17) is 4.74 Å². The number of ether oxygens (including phenoxy) is 1. The van der Waals surface area contributed by atoms with Crippen LogP contribution < -0.4 is 10.2 Å². The second kappa shape index (κ2) is 7.75. The highest BCUT2D eigenvalue weighted by Crippen LogP contribution is 2.22. The van der Waals surface area contributed by atoms with Crippen LogP contribution in [-0.2, 0) is 4.74 Å². The first-order valence-corrected chi connectivity index (χ1v) is 9.79. The van der Waals surface area contributed by atoms with Crippen molar-refractivity contribution in [2.75, 3.05) is 44.3 Å². The first kappa shape index (κ1) is 16.9. The van der Waals surface area contributed by atoms with E-state index in [1.165, 1.54) is 37.8 Å². The third kappa shape index (κ3) is 3.82. The Balaban J connectivity index is 1.37. The van der Waals surface area contributed by atoms with Crippen molar-refractivity contribution >= 4 is 11.6 Å². The van der Waals surface area contributed by atoms with Crippen LogP contribution in [0.4, 0.5) is 5.69 Å². The molecule has 0 bridgehead atoms. The molecule has 1 aromatic rings. The van der Waals surface area contributed by atoms with E-state index in [1.807, 2.05) is 12.1 Å². The molecule has 4 rings (SSSR count). The van der Waals surface area contributed by atoms with E-state index in [2.05, 4.69) is 27.2 Å². The Labute approximate surface area is 150 Å². The topological polar surface area (TPSA) is 44.8 Å². The van der Waals surface area contributed by atoms with Crippen LogP contribution in [0.5, 0.6) is 0 Å². The molecule has 3 heterocycles. The average Bonchev–Trinajstić information content (AvgIpc) is 3.34. The molecule has 0 radical (unpaired) electrons. The number of nitrogens with zero attached hydrogens (tertiary/aromatic N) is 2. The highest BCUT2D eigenvalue weighted by Gasteiger charge is 2.35. The van der Waals surface area contributed by atoms with Crippen LogP contribution in [0.1, 0.15) is 42.5 Å². The predicted octanol–water partition coefficient (Wildman–Crippen LogP) is 2.27. The molecular formula is C20H29N3O2. The molecule has 3 aliphatic heterocycles. The fourth-order valence-electron chi connectivity index (χ4n) is 4.34. The summed E-state index contributed by atoms with van der Waals surface area (Å²) in [6.45, 7) is 5.87. The number of anilines is 1. The van der Waals surface area contributed by atoms with Crippen LogP contribution in [0.2, 0.25) is 0 Å². The van der Waals surface area contributed by atoms with Gasteiger partial charge in [-0.2, -0.15) is 0 Å². The Morgan fingerprint density at radius 2 is 1.60 bits per heavy atom. The number of hydrogen-bond donors (Lipinski definition) is 1. The summed E-state index contributed by atoms with van der Waals surface area (Å²) in [5.41, 5.74) is 1.98. The zero-order chi connectivity index (χ0) is 17.1. The van der Waals surface area contributed by atoms with Crippen molar-refractivity contribution in [3.63, 3.8) is 0 Å². The van der Waals surface area contributed by atoms with Gasteiger partial charge in [0.05, 0.1) is 25.3 Å². The molecule has 0 spiro atoms. The summed E-state index contributed by atoms with van der Waals surface area (Å²) < 4.78 is 5.65. The first-order chi connectivity index (χ1) is 12.3. The fraction of sp³-hybridized carbons (Fsp3) is 0.650. The van der Waals surface area contributed by atoms with E-state index < -0.39 is 0 Å². The lowest BCUT2D eigenvalue weighted by atomic mass is 10.1. The Kier molecular flexibility index (Phi) is 5.22. The molecule has 5 nitrogen and oxygen atoms in total. The van der Waals surface area contributed by atoms with Crippen molar-refractivity contribution < 1.29 is 9.53 Å². The van der Waals surface area contributed by atoms with Crippen LogP contribution in [0.15, 0.2) is 24.3 Å². The van der Waals surface area contributed by atoms with Crippen LogP contribution >= 0.6 is 0 Å². The van der Waals surface area contributed by atoms with E-state index >= 15 is 0 Å². The quantitative estimate of drug-likeness (QED) is 0.911. The molecule has 3 aliphatic rings. The number of likely N-dealkylation sites (tertiary alicyclic amines) is 1. The molecule has 3 saturated heterocycles. The monoisotopic (exact) mass is 343 g/mol. The number of amides is 1. The molecule has 1 N–H and O–H groups in total. The standard InChI is InChI=1S/C20H29N3O2/c24-20(21-18-14-25-15-19(18)23-12-4-5-13-23)16-6-8-17(9-7-16)22-10-2-1-3-11-22/h6-9,18-19H,1-5,10-15H2,(H,21,24)/t18-,19-/m0/s1. The Hall–Kier alpha value is -1.59. The molecule has 0 aromatic heterocycles. The van der Waals surface area contributed by atoms with E-state index in [0.29, 0.717) is 12.6 Å². The highest BCUT2D eigenvalue weighted by molar-refractivity contribution is 5.94. The summed E-state index contributed by atoms with van der Waals surface area (Å²) in [4.78, 5) is 17.5. The normalized spacial score (nSPS) is 27.6. The Bertz CT molecular complexity index is 577. The zero-order valence-electron chi connectivity index (χ0n) is 15.0. The van der Waals surface area contributed by atoms with Gasteiger partial charge < -0.3 is 15.0 Å². The van der Waals surface area contributed by atoms with Gasteiger partial charge in [0.1, 0.15) is 0 Å². The minimum absolute atomic E-state index is 0.0184. The van der Waals surface area contributed by atoms with Gasteiger partial charge in [0, 0.05) is 24.3 Å². The lowest BCUT2D eigenvalue weighted by molar-refractivity contribution is 0.0916. The van der Waals surface area contributed by atoms with Gasteiger partial charge in [-0.3, -0.25) is 9.69 Å². The summed E-state index contributed by atoms with van der Waals surface area (Å²) in [6, 6.07) is 8.53. The summed E-state index contributed by atoms with van der Waals surface area (Å²) in [5.74, 6) is 0.0184. The van der Waals surface area contributed by atoms with Gasteiger partial charge >= 0.3 is 0 Å². The molecule has 5 heteroatoms. The van der Waals surface area contributed by atoms with Crippen LogP contribution in [0.25, 0.3) is 0 Å². The van der Waals surface area contributed by atoms with Crippen LogP contribution in [0, 0.1) is 0 Å². The van der Waals surface area contributed by atoms with E-state index in [1.54, 1.807) is 0 Å². The number of carbonyl (C=O) groups excluding carboxylic acids is 1. The van der Waals surface area contributed by atoms with Crippen molar-refractivity contribution in [1.82, 2.24) is 10.2 Å². The van der Waals surface area contributed by atoms with Gasteiger partial charge in [0.15, 0.2) is 0 Å². The summed E-state index contributed by atoms with van der Waals surface area (Å²) >= 11 is 0. The number of piperidine rings is 1. The molecule has 1 amide bonds. The maximum Gasteiger partial charge on any atom is 0.251 e. The third-order valence-corrected chi connectivity index (χ3v) is 5.83. The van der Waals surface area contributed by atoms with Crippen molar-refractivity contribution in [3.8, 4) is 0 Å². The molecule has 136 valence electrons. The molecule has 0 saturated carbocycles. The zero-order valence-corrected chi connectivity index (χ0v) is 15.0. The molecule has 0 unspecified atom stereocenters. The number of carbonyl (C=O) groups is 1. The van der Waals surface area contributed by atoms with Gasteiger partial charge in [-0.15, -0.1) is 0 Å². The van der Waals surface area contributed by atoms with Gasteiger partial charge in [-0.05, 0) is 69.5 Å². The van der Waals surface area contributed by atoms with Crippen molar-refractivity contribution in [1.29, 1.82) is 0 Å². The lowest BCUT2D eigenvalue weighted by Crippen LogP contribution is -2.50. The van der Waals surface area contributed by atoms with E-state index in [-0.39, 0.29) is 11.9 Å². The lowest BCUT2D eigenvalue weighted by Gasteiger charge is -2.29.